The monoisotopic (exact) mass is 472 g/mol. The van der Waals surface area contributed by atoms with E-state index in [1.54, 1.807) is 24.3 Å². The number of rotatable bonds is 8. The van der Waals surface area contributed by atoms with Crippen LogP contribution in [-0.4, -0.2) is 45.5 Å². The summed E-state index contributed by atoms with van der Waals surface area (Å²) in [5.74, 6) is 0.819. The summed E-state index contributed by atoms with van der Waals surface area (Å²) in [4.78, 5) is 24.5. The largest absolute Gasteiger partial charge is 0.488 e. The number of fused-ring (bicyclic) bond motifs is 2. The molecule has 3 aromatic rings. The van der Waals surface area contributed by atoms with E-state index in [0.717, 1.165) is 22.1 Å². The van der Waals surface area contributed by atoms with E-state index < -0.39 is 11.9 Å². The lowest BCUT2D eigenvalue weighted by molar-refractivity contribution is -0.147. The van der Waals surface area contributed by atoms with Gasteiger partial charge in [-0.3, -0.25) is 0 Å². The number of carbonyl (C=O) groups excluding carboxylic acids is 2. The predicted octanol–water partition coefficient (Wildman–Crippen LogP) is 2.27. The zero-order chi connectivity index (χ0) is 24.4. The van der Waals surface area contributed by atoms with Crippen LogP contribution in [0.3, 0.4) is 0 Å². The zero-order valence-electron chi connectivity index (χ0n) is 19.5. The topological polar surface area (TPSA) is 80.3 Å². The summed E-state index contributed by atoms with van der Waals surface area (Å²) in [6.07, 6.45) is 0. The van der Waals surface area contributed by atoms with Crippen LogP contribution in [-0.2, 0) is 19.1 Å². The van der Waals surface area contributed by atoms with Crippen LogP contribution >= 0.6 is 0 Å². The van der Waals surface area contributed by atoms with E-state index >= 15 is 0 Å². The van der Waals surface area contributed by atoms with Gasteiger partial charge in [-0.25, -0.2) is 9.59 Å². The van der Waals surface area contributed by atoms with Gasteiger partial charge in [0.1, 0.15) is 30.5 Å². The van der Waals surface area contributed by atoms with Gasteiger partial charge in [0.15, 0.2) is 6.61 Å². The highest BCUT2D eigenvalue weighted by atomic mass is 16.6. The Labute approximate surface area is 202 Å². The molecule has 178 valence electrons. The Balaban J connectivity index is 1.41. The van der Waals surface area contributed by atoms with Gasteiger partial charge in [-0.05, 0) is 42.3 Å². The average Bonchev–Trinajstić information content (AvgIpc) is 3.41. The standard InChI is InChI=1S/C28H24O7/c1-17-3-5-18(6-4-17)23-15-34-24-14-22-25(13-21(23)24)35-28(30)27(22)19-7-9-20(10-8-19)33-16-26(29)32-12-11-31-2/h3-10,13-14H,11-12,15-16H2,1-2H3. The van der Waals surface area contributed by atoms with Crippen molar-refractivity contribution in [1.82, 2.24) is 0 Å². The molecule has 0 spiro atoms. The lowest BCUT2D eigenvalue weighted by atomic mass is 10.0. The Morgan fingerprint density at radius 2 is 1.63 bits per heavy atom. The number of methoxy groups -OCH3 is 1. The normalized spacial score (nSPS) is 13.7. The Morgan fingerprint density at radius 3 is 2.37 bits per heavy atom. The molecule has 2 aliphatic rings. The summed E-state index contributed by atoms with van der Waals surface area (Å²) in [5.41, 5.74) is 4.48. The second kappa shape index (κ2) is 9.64. The van der Waals surface area contributed by atoms with Gasteiger partial charge in [0.25, 0.3) is 0 Å². The van der Waals surface area contributed by atoms with E-state index in [2.05, 4.69) is 24.3 Å². The molecule has 0 bridgehead atoms. The van der Waals surface area contributed by atoms with Crippen LogP contribution < -0.4 is 24.6 Å². The zero-order valence-corrected chi connectivity index (χ0v) is 19.5. The van der Waals surface area contributed by atoms with Gasteiger partial charge in [-0.2, -0.15) is 0 Å². The molecule has 35 heavy (non-hydrogen) atoms. The molecule has 0 N–H and O–H groups in total. The fourth-order valence-electron chi connectivity index (χ4n) is 4.09. The number of ether oxygens (including phenoxy) is 5. The van der Waals surface area contributed by atoms with Crippen molar-refractivity contribution in [2.75, 3.05) is 33.5 Å². The van der Waals surface area contributed by atoms with Crippen LogP contribution in [0.1, 0.15) is 16.7 Å². The van der Waals surface area contributed by atoms with Crippen molar-refractivity contribution in [2.45, 2.75) is 6.92 Å². The maximum Gasteiger partial charge on any atom is 0.344 e. The Bertz CT molecular complexity index is 1400. The highest BCUT2D eigenvalue weighted by Gasteiger charge is 2.27. The van der Waals surface area contributed by atoms with Gasteiger partial charge in [0, 0.05) is 23.1 Å². The number of aryl methyl sites for hydroxylation is 1. The second-order valence-electron chi connectivity index (χ2n) is 8.27. The van der Waals surface area contributed by atoms with Crippen LogP contribution in [0.5, 0.6) is 17.2 Å². The fraction of sp³-hybridized carbons (Fsp3) is 0.214. The summed E-state index contributed by atoms with van der Waals surface area (Å²) in [6.45, 7) is 2.80. The molecule has 7 heteroatoms. The molecular formula is C28H24O7. The van der Waals surface area contributed by atoms with Gasteiger partial charge < -0.3 is 23.7 Å². The third-order valence-corrected chi connectivity index (χ3v) is 5.91. The lowest BCUT2D eigenvalue weighted by Crippen LogP contribution is -2.17. The first-order valence-electron chi connectivity index (χ1n) is 11.2. The minimum Gasteiger partial charge on any atom is -0.488 e. The van der Waals surface area contributed by atoms with Crippen molar-refractivity contribution in [3.63, 3.8) is 0 Å². The van der Waals surface area contributed by atoms with E-state index in [1.165, 1.54) is 12.7 Å². The molecule has 0 radical (unpaired) electrons. The maximum atomic E-state index is 12.8. The Morgan fingerprint density at radius 1 is 0.914 bits per heavy atom. The minimum atomic E-state index is -0.482. The average molecular weight is 472 g/mol. The first kappa shape index (κ1) is 22.7. The van der Waals surface area contributed by atoms with E-state index in [0.29, 0.717) is 41.1 Å². The molecule has 7 nitrogen and oxygen atoms in total. The van der Waals surface area contributed by atoms with Crippen LogP contribution in [0, 0.1) is 6.92 Å². The van der Waals surface area contributed by atoms with E-state index in [4.69, 9.17) is 23.7 Å². The summed E-state index contributed by atoms with van der Waals surface area (Å²) in [7, 11) is 1.53. The molecule has 0 saturated heterocycles. The maximum absolute atomic E-state index is 12.8. The molecule has 0 aliphatic carbocycles. The fourth-order valence-corrected chi connectivity index (χ4v) is 4.09. The van der Waals surface area contributed by atoms with Crippen molar-refractivity contribution in [1.29, 1.82) is 0 Å². The number of benzene rings is 3. The first-order chi connectivity index (χ1) is 17.0. The highest BCUT2D eigenvalue weighted by Crippen LogP contribution is 2.27. The number of esters is 2. The Hall–Kier alpha value is -4.10. The molecular weight excluding hydrogens is 448 g/mol. The molecule has 0 atom stereocenters. The first-order valence-corrected chi connectivity index (χ1v) is 11.2. The van der Waals surface area contributed by atoms with Crippen molar-refractivity contribution in [2.24, 2.45) is 0 Å². The summed E-state index contributed by atoms with van der Waals surface area (Å²) < 4.78 is 26.9. The number of hydrogen-bond donors (Lipinski definition) is 0. The molecule has 0 unspecified atom stereocenters. The quantitative estimate of drug-likeness (QED) is 0.283. The molecule has 2 heterocycles. The minimum absolute atomic E-state index is 0.176. The van der Waals surface area contributed by atoms with Gasteiger partial charge in [0.05, 0.1) is 12.2 Å². The van der Waals surface area contributed by atoms with Crippen molar-refractivity contribution in [3.05, 3.63) is 87.8 Å². The van der Waals surface area contributed by atoms with Crippen molar-refractivity contribution < 1.29 is 33.3 Å². The molecule has 3 aromatic carbocycles. The summed E-state index contributed by atoms with van der Waals surface area (Å²) in [6, 6.07) is 18.9. The van der Waals surface area contributed by atoms with Gasteiger partial charge >= 0.3 is 11.9 Å². The molecule has 0 fully saturated rings. The van der Waals surface area contributed by atoms with E-state index in [-0.39, 0.29) is 13.2 Å². The van der Waals surface area contributed by atoms with E-state index in [1.807, 2.05) is 19.1 Å². The van der Waals surface area contributed by atoms with Crippen molar-refractivity contribution in [3.8, 4) is 17.2 Å². The van der Waals surface area contributed by atoms with Crippen LogP contribution in [0.25, 0.3) is 11.1 Å². The van der Waals surface area contributed by atoms with Gasteiger partial charge in [-0.1, -0.05) is 42.0 Å². The van der Waals surface area contributed by atoms with Crippen molar-refractivity contribution >= 4 is 23.1 Å². The predicted molar refractivity (Wildman–Crippen MR) is 128 cm³/mol. The lowest BCUT2D eigenvalue weighted by Gasteiger charge is -2.07. The third-order valence-electron chi connectivity index (χ3n) is 5.91. The number of hydrogen-bond acceptors (Lipinski definition) is 7. The summed E-state index contributed by atoms with van der Waals surface area (Å²) >= 11 is 0. The van der Waals surface area contributed by atoms with Crippen LogP contribution in [0.4, 0.5) is 0 Å². The smallest absolute Gasteiger partial charge is 0.344 e. The molecule has 0 aromatic heterocycles. The van der Waals surface area contributed by atoms with Crippen LogP contribution in [0.2, 0.25) is 0 Å². The highest BCUT2D eigenvalue weighted by molar-refractivity contribution is 6.19. The SMILES string of the molecule is COCCOC(=O)COc1ccc(C2=c3cc4c(cc3OC2=O)=C(c2ccc(C)cc2)CO4)cc1. The Kier molecular flexibility index (Phi) is 6.25. The number of carbonyl (C=O) groups is 2. The van der Waals surface area contributed by atoms with Gasteiger partial charge in [0.2, 0.25) is 0 Å². The third kappa shape index (κ3) is 4.63. The molecule has 0 saturated carbocycles. The molecule has 0 amide bonds. The molecule has 5 rings (SSSR count). The van der Waals surface area contributed by atoms with Gasteiger partial charge in [-0.15, -0.1) is 0 Å². The summed E-state index contributed by atoms with van der Waals surface area (Å²) in [5, 5.41) is 1.62. The second-order valence-corrected chi connectivity index (χ2v) is 8.27. The van der Waals surface area contributed by atoms with E-state index in [9.17, 15) is 9.59 Å². The molecule has 2 aliphatic heterocycles. The van der Waals surface area contributed by atoms with Crippen LogP contribution in [0.15, 0.2) is 60.7 Å².